The Morgan fingerprint density at radius 2 is 1.92 bits per heavy atom. The Morgan fingerprint density at radius 1 is 1.21 bits per heavy atom. The third-order valence-electron chi connectivity index (χ3n) is 4.19. The number of rotatable bonds is 4. The smallest absolute Gasteiger partial charge is 0.322 e. The normalized spacial score (nSPS) is 16.9. The molecule has 2 aromatic carbocycles. The number of likely N-dealkylation sites (tertiary alicyclic amines) is 1. The molecular weight excluding hydrogens is 324 g/mol. The fourth-order valence-corrected chi connectivity index (χ4v) is 3.16. The van der Waals surface area contributed by atoms with E-state index in [4.69, 9.17) is 16.3 Å². The molecule has 0 bridgehead atoms. The number of nitrogens with one attached hydrogen (secondary N) is 1. The van der Waals surface area contributed by atoms with Crippen molar-refractivity contribution in [3.8, 4) is 5.75 Å². The number of carbonyl (C=O) groups is 1. The third kappa shape index (κ3) is 3.82. The molecule has 4 nitrogen and oxygen atoms in total. The van der Waals surface area contributed by atoms with E-state index in [1.165, 1.54) is 0 Å². The highest BCUT2D eigenvalue weighted by molar-refractivity contribution is 6.30. The van der Waals surface area contributed by atoms with Gasteiger partial charge in [0, 0.05) is 17.3 Å². The van der Waals surface area contributed by atoms with E-state index in [-0.39, 0.29) is 12.1 Å². The minimum atomic E-state index is -0.0753. The van der Waals surface area contributed by atoms with E-state index in [0.717, 1.165) is 36.4 Å². The molecule has 1 heterocycles. The minimum absolute atomic E-state index is 0.0753. The molecule has 1 N–H and O–H groups in total. The maximum atomic E-state index is 12.6. The topological polar surface area (TPSA) is 41.6 Å². The van der Waals surface area contributed by atoms with E-state index in [1.807, 2.05) is 48.2 Å². The lowest BCUT2D eigenvalue weighted by molar-refractivity contribution is 0.207. The fourth-order valence-electron chi connectivity index (χ4n) is 3.04. The Bertz CT molecular complexity index is 686. The van der Waals surface area contributed by atoms with Crippen LogP contribution in [0.25, 0.3) is 0 Å². The second-order valence-electron chi connectivity index (χ2n) is 5.79. The number of urea groups is 1. The van der Waals surface area contributed by atoms with E-state index in [0.29, 0.717) is 11.6 Å². The van der Waals surface area contributed by atoms with E-state index in [2.05, 4.69) is 5.32 Å². The quantitative estimate of drug-likeness (QED) is 0.837. The van der Waals surface area contributed by atoms with Crippen LogP contribution in [-0.4, -0.2) is 24.1 Å². The molecule has 126 valence electrons. The van der Waals surface area contributed by atoms with Crippen LogP contribution < -0.4 is 10.1 Å². The van der Waals surface area contributed by atoms with Crippen LogP contribution >= 0.6 is 11.6 Å². The second kappa shape index (κ2) is 7.58. The van der Waals surface area contributed by atoms with Crippen LogP contribution in [-0.2, 0) is 0 Å². The number of halogens is 1. The first-order valence-electron chi connectivity index (χ1n) is 8.23. The molecule has 1 aliphatic rings. The van der Waals surface area contributed by atoms with Gasteiger partial charge in [-0.25, -0.2) is 4.79 Å². The van der Waals surface area contributed by atoms with Crippen molar-refractivity contribution in [2.45, 2.75) is 25.8 Å². The van der Waals surface area contributed by atoms with Crippen molar-refractivity contribution in [2.75, 3.05) is 18.5 Å². The zero-order valence-corrected chi connectivity index (χ0v) is 14.4. The van der Waals surface area contributed by atoms with Crippen LogP contribution in [0.5, 0.6) is 5.75 Å². The first-order chi connectivity index (χ1) is 11.7. The van der Waals surface area contributed by atoms with Gasteiger partial charge in [0.25, 0.3) is 0 Å². The standard InChI is InChI=1S/C19H21ClN2O2/c1-2-24-17-11-5-14(6-12-17)18-4-3-13-22(18)19(23)21-16-9-7-15(20)8-10-16/h5-12,18H,2-4,13H2,1H3,(H,21,23)/t18-/m1/s1. The highest BCUT2D eigenvalue weighted by atomic mass is 35.5. The predicted octanol–water partition coefficient (Wildman–Crippen LogP) is 5.11. The van der Waals surface area contributed by atoms with Gasteiger partial charge in [0.05, 0.1) is 12.6 Å². The summed E-state index contributed by atoms with van der Waals surface area (Å²) in [6.45, 7) is 3.38. The molecule has 0 unspecified atom stereocenters. The van der Waals surface area contributed by atoms with Gasteiger partial charge in [-0.05, 0) is 61.7 Å². The SMILES string of the molecule is CCOc1ccc([C@H]2CCCN2C(=O)Nc2ccc(Cl)cc2)cc1. The van der Waals surface area contributed by atoms with Gasteiger partial charge in [-0.15, -0.1) is 0 Å². The van der Waals surface area contributed by atoms with Crippen LogP contribution in [0.3, 0.4) is 0 Å². The minimum Gasteiger partial charge on any atom is -0.494 e. The summed E-state index contributed by atoms with van der Waals surface area (Å²) in [6.07, 6.45) is 1.98. The highest BCUT2D eigenvalue weighted by Gasteiger charge is 2.30. The van der Waals surface area contributed by atoms with Gasteiger partial charge < -0.3 is 15.0 Å². The Morgan fingerprint density at radius 3 is 2.58 bits per heavy atom. The van der Waals surface area contributed by atoms with Gasteiger partial charge in [-0.2, -0.15) is 0 Å². The molecule has 1 aliphatic heterocycles. The maximum Gasteiger partial charge on any atom is 0.322 e. The van der Waals surface area contributed by atoms with Crippen molar-refractivity contribution >= 4 is 23.3 Å². The lowest BCUT2D eigenvalue weighted by atomic mass is 10.0. The maximum absolute atomic E-state index is 12.6. The summed E-state index contributed by atoms with van der Waals surface area (Å²) in [5.41, 5.74) is 1.89. The molecule has 0 radical (unpaired) electrons. The number of anilines is 1. The number of amides is 2. The van der Waals surface area contributed by atoms with Gasteiger partial charge in [-0.1, -0.05) is 23.7 Å². The predicted molar refractivity (Wildman–Crippen MR) is 96.8 cm³/mol. The average Bonchev–Trinajstić information content (AvgIpc) is 3.08. The summed E-state index contributed by atoms with van der Waals surface area (Å²) in [5.74, 6) is 0.858. The molecule has 0 spiro atoms. The van der Waals surface area contributed by atoms with Crippen molar-refractivity contribution in [1.82, 2.24) is 4.90 Å². The van der Waals surface area contributed by atoms with Crippen LogP contribution in [0.4, 0.5) is 10.5 Å². The van der Waals surface area contributed by atoms with E-state index in [9.17, 15) is 4.79 Å². The van der Waals surface area contributed by atoms with Crippen molar-refractivity contribution in [1.29, 1.82) is 0 Å². The summed E-state index contributed by atoms with van der Waals surface area (Å²) in [6, 6.07) is 15.2. The van der Waals surface area contributed by atoms with Crippen molar-refractivity contribution in [3.63, 3.8) is 0 Å². The average molecular weight is 345 g/mol. The van der Waals surface area contributed by atoms with Gasteiger partial charge >= 0.3 is 6.03 Å². The largest absolute Gasteiger partial charge is 0.494 e. The Labute approximate surface area is 147 Å². The number of hydrogen-bond acceptors (Lipinski definition) is 2. The molecule has 3 rings (SSSR count). The Hall–Kier alpha value is -2.20. The zero-order chi connectivity index (χ0) is 16.9. The van der Waals surface area contributed by atoms with Crippen LogP contribution in [0.15, 0.2) is 48.5 Å². The molecule has 0 saturated carbocycles. The lowest BCUT2D eigenvalue weighted by Crippen LogP contribution is -2.34. The monoisotopic (exact) mass is 344 g/mol. The first kappa shape index (κ1) is 16.7. The molecule has 2 amide bonds. The fraction of sp³-hybridized carbons (Fsp3) is 0.316. The van der Waals surface area contributed by atoms with E-state index >= 15 is 0 Å². The van der Waals surface area contributed by atoms with Crippen molar-refractivity contribution in [2.24, 2.45) is 0 Å². The van der Waals surface area contributed by atoms with Gasteiger partial charge in [-0.3, -0.25) is 0 Å². The molecule has 0 aliphatic carbocycles. The molecule has 5 heteroatoms. The molecule has 1 fully saturated rings. The van der Waals surface area contributed by atoms with Crippen LogP contribution in [0.2, 0.25) is 5.02 Å². The van der Waals surface area contributed by atoms with Crippen LogP contribution in [0.1, 0.15) is 31.4 Å². The molecule has 2 aromatic rings. The van der Waals surface area contributed by atoms with Gasteiger partial charge in [0.2, 0.25) is 0 Å². The number of benzene rings is 2. The summed E-state index contributed by atoms with van der Waals surface area (Å²) in [7, 11) is 0. The molecule has 24 heavy (non-hydrogen) atoms. The number of carbonyl (C=O) groups excluding carboxylic acids is 1. The molecule has 1 saturated heterocycles. The van der Waals surface area contributed by atoms with Crippen molar-refractivity contribution in [3.05, 3.63) is 59.1 Å². The summed E-state index contributed by atoms with van der Waals surface area (Å²) in [5, 5.41) is 3.60. The van der Waals surface area contributed by atoms with Gasteiger partial charge in [0.15, 0.2) is 0 Å². The van der Waals surface area contributed by atoms with E-state index < -0.39 is 0 Å². The summed E-state index contributed by atoms with van der Waals surface area (Å²) in [4.78, 5) is 14.5. The third-order valence-corrected chi connectivity index (χ3v) is 4.44. The van der Waals surface area contributed by atoms with E-state index in [1.54, 1.807) is 12.1 Å². The Balaban J connectivity index is 1.70. The number of hydrogen-bond donors (Lipinski definition) is 1. The van der Waals surface area contributed by atoms with Crippen LogP contribution in [0, 0.1) is 0 Å². The number of nitrogens with zero attached hydrogens (tertiary/aromatic N) is 1. The van der Waals surface area contributed by atoms with Gasteiger partial charge in [0.1, 0.15) is 5.75 Å². The highest BCUT2D eigenvalue weighted by Crippen LogP contribution is 2.33. The molecule has 0 aromatic heterocycles. The first-order valence-corrected chi connectivity index (χ1v) is 8.61. The Kier molecular flexibility index (Phi) is 5.26. The second-order valence-corrected chi connectivity index (χ2v) is 6.23. The molecule has 1 atom stereocenters. The van der Waals surface area contributed by atoms with Crippen molar-refractivity contribution < 1.29 is 9.53 Å². The lowest BCUT2D eigenvalue weighted by Gasteiger charge is -2.25. The molecular formula is C19H21ClN2O2. The number of ether oxygens (including phenoxy) is 1. The summed E-state index contributed by atoms with van der Waals surface area (Å²) < 4.78 is 5.48. The summed E-state index contributed by atoms with van der Waals surface area (Å²) >= 11 is 5.88. The zero-order valence-electron chi connectivity index (χ0n) is 13.7.